The number of anilines is 1. The second-order valence-electron chi connectivity index (χ2n) is 5.10. The summed E-state index contributed by atoms with van der Waals surface area (Å²) in [6.07, 6.45) is -0.878. The van der Waals surface area contributed by atoms with Crippen LogP contribution in [0.15, 0.2) is 34.4 Å². The number of nitrogens with one attached hydrogen (secondary N) is 1. The second-order valence-corrected chi connectivity index (χ2v) is 5.94. The number of para-hydroxylation sites is 1. The average Bonchev–Trinajstić information content (AvgIpc) is 2.92. The third kappa shape index (κ3) is 3.09. The Balaban J connectivity index is 2.06. The van der Waals surface area contributed by atoms with Crippen LogP contribution in [0.4, 0.5) is 5.69 Å². The van der Waals surface area contributed by atoms with Gasteiger partial charge in [-0.1, -0.05) is 18.2 Å². The van der Waals surface area contributed by atoms with Gasteiger partial charge in [-0.15, -0.1) is 11.3 Å². The monoisotopic (exact) mass is 332 g/mol. The second kappa shape index (κ2) is 6.45. The fraction of sp³-hybridized carbons (Fsp3) is 0.267. The maximum absolute atomic E-state index is 12.3. The lowest BCUT2D eigenvalue weighted by Crippen LogP contribution is -2.23. The third-order valence-electron chi connectivity index (χ3n) is 3.37. The van der Waals surface area contributed by atoms with Gasteiger partial charge in [0.15, 0.2) is 5.69 Å². The zero-order valence-corrected chi connectivity index (χ0v) is 13.2. The van der Waals surface area contributed by atoms with Crippen molar-refractivity contribution in [2.75, 3.05) is 18.5 Å². The number of hydrogen-bond donors (Lipinski definition) is 3. The molecule has 2 heterocycles. The molecular weight excluding hydrogens is 316 g/mol. The summed E-state index contributed by atoms with van der Waals surface area (Å²) < 4.78 is 1.64. The molecule has 2 aromatic heterocycles. The molecule has 3 N–H and O–H groups in total. The molecule has 0 bridgehead atoms. The lowest BCUT2D eigenvalue weighted by atomic mass is 10.1. The van der Waals surface area contributed by atoms with Crippen LogP contribution in [-0.2, 0) is 0 Å². The molecule has 3 aromatic rings. The molecule has 0 radical (unpaired) electrons. The Labute approximate surface area is 135 Å². The van der Waals surface area contributed by atoms with Crippen molar-refractivity contribution >= 4 is 22.0 Å². The normalized spacial score (nSPS) is 12.5. The van der Waals surface area contributed by atoms with E-state index in [2.05, 4.69) is 15.4 Å². The van der Waals surface area contributed by atoms with Crippen molar-refractivity contribution in [2.45, 2.75) is 13.0 Å². The summed E-state index contributed by atoms with van der Waals surface area (Å²) in [6.45, 7) is 1.73. The molecule has 1 aromatic carbocycles. The zero-order chi connectivity index (χ0) is 16.4. The number of aryl methyl sites for hydroxylation is 1. The lowest BCUT2D eigenvalue weighted by Gasteiger charge is -2.13. The molecule has 3 rings (SSSR count). The summed E-state index contributed by atoms with van der Waals surface area (Å²) in [7, 11) is 0. The molecule has 0 saturated carbocycles. The van der Waals surface area contributed by atoms with Crippen molar-refractivity contribution in [2.24, 2.45) is 0 Å². The first-order valence-corrected chi connectivity index (χ1v) is 7.95. The van der Waals surface area contributed by atoms with E-state index in [1.54, 1.807) is 22.7 Å². The van der Waals surface area contributed by atoms with Crippen LogP contribution in [-0.4, -0.2) is 44.1 Å². The molecule has 0 fully saturated rings. The van der Waals surface area contributed by atoms with Gasteiger partial charge in [-0.2, -0.15) is 10.1 Å². The zero-order valence-electron chi connectivity index (χ0n) is 12.4. The molecular formula is C15H16N4O3S. The van der Waals surface area contributed by atoms with Gasteiger partial charge in [0.2, 0.25) is 4.96 Å². The maximum Gasteiger partial charge on any atom is 0.300 e. The molecule has 120 valence electrons. The van der Waals surface area contributed by atoms with E-state index < -0.39 is 11.7 Å². The van der Waals surface area contributed by atoms with Crippen LogP contribution < -0.4 is 10.9 Å². The lowest BCUT2D eigenvalue weighted by molar-refractivity contribution is 0.105. The van der Waals surface area contributed by atoms with Crippen LogP contribution in [0.1, 0.15) is 5.69 Å². The van der Waals surface area contributed by atoms with Gasteiger partial charge in [0.1, 0.15) is 0 Å². The summed E-state index contributed by atoms with van der Waals surface area (Å²) in [5, 5.41) is 27.7. The van der Waals surface area contributed by atoms with E-state index >= 15 is 0 Å². The summed E-state index contributed by atoms with van der Waals surface area (Å²) >= 11 is 1.37. The summed E-state index contributed by atoms with van der Waals surface area (Å²) in [5.74, 6) is 0. The first kappa shape index (κ1) is 15.6. The predicted octanol–water partition coefficient (Wildman–Crippen LogP) is 0.892. The van der Waals surface area contributed by atoms with Crippen molar-refractivity contribution < 1.29 is 10.2 Å². The van der Waals surface area contributed by atoms with Crippen molar-refractivity contribution in [1.29, 1.82) is 0 Å². The van der Waals surface area contributed by atoms with E-state index in [-0.39, 0.29) is 18.8 Å². The Kier molecular flexibility index (Phi) is 4.37. The van der Waals surface area contributed by atoms with Gasteiger partial charge in [0.25, 0.3) is 0 Å². The SMILES string of the molecule is Cc1csc2nc(=O)c(-c3ccccc3NCC(O)CO)nn12. The number of hydrogen-bond acceptors (Lipinski definition) is 7. The molecule has 7 nitrogen and oxygen atoms in total. The topological polar surface area (TPSA) is 99.8 Å². The number of aliphatic hydroxyl groups excluding tert-OH is 2. The van der Waals surface area contributed by atoms with Gasteiger partial charge < -0.3 is 15.5 Å². The highest BCUT2D eigenvalue weighted by molar-refractivity contribution is 7.15. The molecule has 1 atom stereocenters. The van der Waals surface area contributed by atoms with Gasteiger partial charge in [-0.3, -0.25) is 4.79 Å². The molecule has 0 aliphatic heterocycles. The van der Waals surface area contributed by atoms with E-state index in [0.29, 0.717) is 16.2 Å². The smallest absolute Gasteiger partial charge is 0.300 e. The highest BCUT2D eigenvalue weighted by Gasteiger charge is 2.14. The van der Waals surface area contributed by atoms with Gasteiger partial charge in [0.05, 0.1) is 18.4 Å². The number of aliphatic hydroxyl groups is 2. The molecule has 1 unspecified atom stereocenters. The Hall–Kier alpha value is -2.29. The van der Waals surface area contributed by atoms with Gasteiger partial charge >= 0.3 is 5.56 Å². The standard InChI is InChI=1S/C15H16N4O3S/c1-9-8-23-15-17-14(22)13(18-19(9)15)11-4-2-3-5-12(11)16-6-10(21)7-20/h2-5,8,10,16,20-21H,6-7H2,1H3. The number of benzene rings is 1. The summed E-state index contributed by atoms with van der Waals surface area (Å²) in [4.78, 5) is 16.9. The Morgan fingerprint density at radius 1 is 1.39 bits per heavy atom. The van der Waals surface area contributed by atoms with E-state index in [1.165, 1.54) is 11.3 Å². The van der Waals surface area contributed by atoms with E-state index in [9.17, 15) is 9.90 Å². The molecule has 0 aliphatic carbocycles. The minimum absolute atomic E-state index is 0.169. The average molecular weight is 332 g/mol. The van der Waals surface area contributed by atoms with Crippen LogP contribution in [0.25, 0.3) is 16.2 Å². The Bertz CT molecular complexity index is 890. The minimum Gasteiger partial charge on any atom is -0.394 e. The number of thiazole rings is 1. The molecule has 23 heavy (non-hydrogen) atoms. The summed E-state index contributed by atoms with van der Waals surface area (Å²) in [5.41, 5.74) is 2.00. The van der Waals surface area contributed by atoms with Crippen LogP contribution in [0, 0.1) is 6.92 Å². The number of fused-ring (bicyclic) bond motifs is 1. The Morgan fingerprint density at radius 2 is 2.17 bits per heavy atom. The first-order valence-electron chi connectivity index (χ1n) is 7.07. The first-order chi connectivity index (χ1) is 11.1. The van der Waals surface area contributed by atoms with Gasteiger partial charge in [-0.25, -0.2) is 4.52 Å². The van der Waals surface area contributed by atoms with Gasteiger partial charge in [0, 0.05) is 23.2 Å². The van der Waals surface area contributed by atoms with Crippen LogP contribution >= 0.6 is 11.3 Å². The van der Waals surface area contributed by atoms with Gasteiger partial charge in [-0.05, 0) is 13.0 Å². The largest absolute Gasteiger partial charge is 0.394 e. The molecule has 0 aliphatic rings. The van der Waals surface area contributed by atoms with Crippen molar-refractivity contribution in [1.82, 2.24) is 14.6 Å². The Morgan fingerprint density at radius 3 is 2.96 bits per heavy atom. The molecule has 8 heteroatoms. The predicted molar refractivity (Wildman–Crippen MR) is 88.9 cm³/mol. The van der Waals surface area contributed by atoms with E-state index in [1.807, 2.05) is 18.4 Å². The van der Waals surface area contributed by atoms with Crippen molar-refractivity contribution in [3.63, 3.8) is 0 Å². The van der Waals surface area contributed by atoms with Crippen LogP contribution in [0.5, 0.6) is 0 Å². The fourth-order valence-electron chi connectivity index (χ4n) is 2.17. The highest BCUT2D eigenvalue weighted by atomic mass is 32.1. The number of rotatable bonds is 5. The fourth-order valence-corrected chi connectivity index (χ4v) is 2.97. The molecule has 0 amide bonds. The number of nitrogens with zero attached hydrogens (tertiary/aromatic N) is 3. The minimum atomic E-state index is -0.878. The third-order valence-corrected chi connectivity index (χ3v) is 4.31. The van der Waals surface area contributed by atoms with Crippen LogP contribution in [0.2, 0.25) is 0 Å². The quantitative estimate of drug-likeness (QED) is 0.642. The number of aromatic nitrogens is 3. The maximum atomic E-state index is 12.3. The van der Waals surface area contributed by atoms with Crippen molar-refractivity contribution in [3.05, 3.63) is 45.7 Å². The highest BCUT2D eigenvalue weighted by Crippen LogP contribution is 2.24. The van der Waals surface area contributed by atoms with E-state index in [4.69, 9.17) is 5.11 Å². The van der Waals surface area contributed by atoms with Crippen LogP contribution in [0.3, 0.4) is 0 Å². The molecule has 0 saturated heterocycles. The van der Waals surface area contributed by atoms with E-state index in [0.717, 1.165) is 5.69 Å². The summed E-state index contributed by atoms with van der Waals surface area (Å²) in [6, 6.07) is 7.18. The van der Waals surface area contributed by atoms with Crippen molar-refractivity contribution in [3.8, 4) is 11.3 Å². The molecule has 0 spiro atoms.